The van der Waals surface area contributed by atoms with Gasteiger partial charge < -0.3 is 14.3 Å². The summed E-state index contributed by atoms with van der Waals surface area (Å²) in [6, 6.07) is 15.7. The Morgan fingerprint density at radius 2 is 1.65 bits per heavy atom. The Balaban J connectivity index is 1.67. The van der Waals surface area contributed by atoms with Crippen molar-refractivity contribution in [2.45, 2.75) is 20.1 Å². The molecule has 0 atom stereocenters. The molecule has 0 N–H and O–H groups in total. The minimum atomic E-state index is -0.467. The molecule has 0 amide bonds. The van der Waals surface area contributed by atoms with Gasteiger partial charge in [0, 0.05) is 29.8 Å². The minimum absolute atomic E-state index is 0.0104. The predicted octanol–water partition coefficient (Wildman–Crippen LogP) is 5.79. The summed E-state index contributed by atoms with van der Waals surface area (Å²) in [5, 5.41) is 25.6. The Morgan fingerprint density at radius 3 is 2.32 bits per heavy atom. The molecule has 0 spiro atoms. The van der Waals surface area contributed by atoms with Crippen LogP contribution in [0.4, 0.5) is 11.4 Å². The average molecular weight is 530 g/mol. The first-order chi connectivity index (χ1) is 16.4. The molecule has 0 aromatic heterocycles. The van der Waals surface area contributed by atoms with Crippen LogP contribution in [-0.2, 0) is 18.1 Å². The molecule has 0 aliphatic heterocycles. The van der Waals surface area contributed by atoms with Crippen molar-refractivity contribution in [3.63, 3.8) is 0 Å². The van der Waals surface area contributed by atoms with Crippen LogP contribution in [0.1, 0.15) is 23.6 Å². The van der Waals surface area contributed by atoms with Crippen LogP contribution in [-0.4, -0.2) is 22.7 Å². The van der Waals surface area contributed by atoms with Gasteiger partial charge in [0.2, 0.25) is 0 Å². The molecule has 0 unspecified atom stereocenters. The summed E-state index contributed by atoms with van der Waals surface area (Å²) < 4.78 is 12.2. The maximum Gasteiger partial charge on any atom is 0.269 e. The van der Waals surface area contributed by atoms with Crippen molar-refractivity contribution in [1.82, 2.24) is 0 Å². The van der Waals surface area contributed by atoms with Crippen LogP contribution in [0.25, 0.3) is 0 Å². The minimum Gasteiger partial charge on any atom is -0.490 e. The molecule has 3 aromatic rings. The second kappa shape index (κ2) is 11.8. The third-order valence-electron chi connectivity index (χ3n) is 4.49. The summed E-state index contributed by atoms with van der Waals surface area (Å²) in [6.45, 7) is 2.52. The van der Waals surface area contributed by atoms with Crippen molar-refractivity contribution in [1.29, 1.82) is 0 Å². The van der Waals surface area contributed by atoms with Crippen LogP contribution in [0.3, 0.4) is 0 Å². The SMILES string of the molecule is CCOc1cc(/C=N\OCc2cccc([N+](=O)[O-])c2)cc(Br)c1OCc1ccc([N+](=O)[O-])cc1. The van der Waals surface area contributed by atoms with Crippen molar-refractivity contribution in [3.05, 3.63) is 102 Å². The van der Waals surface area contributed by atoms with E-state index in [0.29, 0.717) is 33.7 Å². The average Bonchev–Trinajstić information content (AvgIpc) is 2.82. The fraction of sp³-hybridized carbons (Fsp3) is 0.174. The van der Waals surface area contributed by atoms with E-state index in [4.69, 9.17) is 14.3 Å². The zero-order valence-corrected chi connectivity index (χ0v) is 19.6. The third-order valence-corrected chi connectivity index (χ3v) is 5.08. The van der Waals surface area contributed by atoms with E-state index in [1.807, 2.05) is 6.92 Å². The highest BCUT2D eigenvalue weighted by Gasteiger charge is 2.13. The molecule has 0 aliphatic carbocycles. The van der Waals surface area contributed by atoms with E-state index in [9.17, 15) is 20.2 Å². The lowest BCUT2D eigenvalue weighted by Gasteiger charge is -2.14. The predicted molar refractivity (Wildman–Crippen MR) is 128 cm³/mol. The summed E-state index contributed by atoms with van der Waals surface area (Å²) in [5.74, 6) is 0.966. The summed E-state index contributed by atoms with van der Waals surface area (Å²) in [7, 11) is 0. The molecule has 0 radical (unpaired) electrons. The Hall–Kier alpha value is -3.99. The standard InChI is InChI=1S/C23H20BrN3O7/c1-2-32-22-12-18(13-25-34-15-17-4-3-5-20(10-17)27(30)31)11-21(24)23(22)33-14-16-6-8-19(9-7-16)26(28)29/h3-13H,2,14-15H2,1H3/b25-13-. The number of rotatable bonds is 11. The number of nitrogens with zero attached hydrogens (tertiary/aromatic N) is 3. The van der Waals surface area contributed by atoms with Gasteiger partial charge in [-0.2, -0.15) is 0 Å². The number of hydrogen-bond donors (Lipinski definition) is 0. The molecule has 0 aliphatic rings. The highest BCUT2D eigenvalue weighted by molar-refractivity contribution is 9.10. The molecular formula is C23H20BrN3O7. The molecule has 176 valence electrons. The van der Waals surface area contributed by atoms with Gasteiger partial charge in [-0.15, -0.1) is 0 Å². The second-order valence-electron chi connectivity index (χ2n) is 6.91. The number of nitro benzene ring substituents is 2. The Morgan fingerprint density at radius 1 is 0.912 bits per heavy atom. The number of hydrogen-bond acceptors (Lipinski definition) is 8. The molecule has 0 heterocycles. The number of halogens is 1. The molecule has 3 rings (SSSR count). The number of non-ortho nitro benzene ring substituents is 2. The Bertz CT molecular complexity index is 1200. The highest BCUT2D eigenvalue weighted by Crippen LogP contribution is 2.37. The summed E-state index contributed by atoms with van der Waals surface area (Å²) >= 11 is 3.48. The van der Waals surface area contributed by atoms with Crippen LogP contribution < -0.4 is 9.47 Å². The summed E-state index contributed by atoms with van der Waals surface area (Å²) in [5.41, 5.74) is 2.06. The molecule has 0 bridgehead atoms. The molecule has 0 saturated carbocycles. The van der Waals surface area contributed by atoms with E-state index in [1.165, 1.54) is 30.5 Å². The molecule has 3 aromatic carbocycles. The number of benzene rings is 3. The Kier molecular flexibility index (Phi) is 8.52. The summed E-state index contributed by atoms with van der Waals surface area (Å²) in [4.78, 5) is 26.0. The first-order valence-electron chi connectivity index (χ1n) is 10.1. The Labute approximate surface area is 203 Å². The molecule has 34 heavy (non-hydrogen) atoms. The third kappa shape index (κ3) is 6.75. The van der Waals surface area contributed by atoms with Gasteiger partial charge in [0.15, 0.2) is 11.5 Å². The van der Waals surface area contributed by atoms with Crippen molar-refractivity contribution in [2.75, 3.05) is 6.61 Å². The molecule has 11 heteroatoms. The fourth-order valence-electron chi connectivity index (χ4n) is 2.90. The van der Waals surface area contributed by atoms with E-state index < -0.39 is 9.85 Å². The lowest BCUT2D eigenvalue weighted by Crippen LogP contribution is -2.02. The van der Waals surface area contributed by atoms with Crippen LogP contribution in [0.15, 0.2) is 70.3 Å². The fourth-order valence-corrected chi connectivity index (χ4v) is 3.48. The van der Waals surface area contributed by atoms with Gasteiger partial charge in [-0.3, -0.25) is 20.2 Å². The first-order valence-corrected chi connectivity index (χ1v) is 10.9. The van der Waals surface area contributed by atoms with Gasteiger partial charge in [0.25, 0.3) is 11.4 Å². The molecular weight excluding hydrogens is 510 g/mol. The van der Waals surface area contributed by atoms with Crippen LogP contribution in [0.5, 0.6) is 11.5 Å². The van der Waals surface area contributed by atoms with Gasteiger partial charge in [0.1, 0.15) is 13.2 Å². The normalized spacial score (nSPS) is 10.8. The largest absolute Gasteiger partial charge is 0.490 e. The van der Waals surface area contributed by atoms with E-state index in [1.54, 1.807) is 36.4 Å². The van der Waals surface area contributed by atoms with Crippen LogP contribution in [0.2, 0.25) is 0 Å². The zero-order chi connectivity index (χ0) is 24.5. The van der Waals surface area contributed by atoms with Gasteiger partial charge in [-0.05, 0) is 58.2 Å². The van der Waals surface area contributed by atoms with Gasteiger partial charge in [-0.1, -0.05) is 17.3 Å². The van der Waals surface area contributed by atoms with Crippen molar-refractivity contribution < 1.29 is 24.2 Å². The molecule has 0 saturated heterocycles. The zero-order valence-electron chi connectivity index (χ0n) is 18.0. The lowest BCUT2D eigenvalue weighted by atomic mass is 10.2. The molecule has 0 fully saturated rings. The van der Waals surface area contributed by atoms with Gasteiger partial charge in [0.05, 0.1) is 27.1 Å². The number of ether oxygens (including phenoxy) is 2. The van der Waals surface area contributed by atoms with E-state index in [-0.39, 0.29) is 24.6 Å². The topological polar surface area (TPSA) is 126 Å². The maximum absolute atomic E-state index is 10.9. The van der Waals surface area contributed by atoms with E-state index in [2.05, 4.69) is 21.1 Å². The monoisotopic (exact) mass is 529 g/mol. The van der Waals surface area contributed by atoms with E-state index >= 15 is 0 Å². The second-order valence-corrected chi connectivity index (χ2v) is 7.76. The first kappa shape index (κ1) is 24.6. The lowest BCUT2D eigenvalue weighted by molar-refractivity contribution is -0.385. The van der Waals surface area contributed by atoms with Crippen LogP contribution >= 0.6 is 15.9 Å². The smallest absolute Gasteiger partial charge is 0.269 e. The van der Waals surface area contributed by atoms with Crippen molar-refractivity contribution >= 4 is 33.5 Å². The van der Waals surface area contributed by atoms with Crippen molar-refractivity contribution in [2.24, 2.45) is 5.16 Å². The highest BCUT2D eigenvalue weighted by atomic mass is 79.9. The van der Waals surface area contributed by atoms with E-state index in [0.717, 1.165) is 5.56 Å². The van der Waals surface area contributed by atoms with Gasteiger partial charge in [-0.25, -0.2) is 0 Å². The number of nitro groups is 2. The summed E-state index contributed by atoms with van der Waals surface area (Å²) in [6.07, 6.45) is 1.49. The van der Waals surface area contributed by atoms with Crippen LogP contribution in [0, 0.1) is 20.2 Å². The quantitative estimate of drug-likeness (QED) is 0.174. The van der Waals surface area contributed by atoms with Crippen molar-refractivity contribution in [3.8, 4) is 11.5 Å². The maximum atomic E-state index is 10.9. The van der Waals surface area contributed by atoms with Gasteiger partial charge >= 0.3 is 0 Å². The number of oxime groups is 1. The molecule has 10 nitrogen and oxygen atoms in total.